The van der Waals surface area contributed by atoms with Crippen molar-refractivity contribution in [3.05, 3.63) is 71.2 Å². The minimum Gasteiger partial charge on any atom is -0.337 e. The lowest BCUT2D eigenvalue weighted by atomic mass is 9.90. The van der Waals surface area contributed by atoms with E-state index in [1.165, 1.54) is 5.56 Å². The molecule has 4 nitrogen and oxygen atoms in total. The molecule has 0 saturated carbocycles. The molecule has 1 aromatic carbocycles. The van der Waals surface area contributed by atoms with Gasteiger partial charge >= 0.3 is 0 Å². The van der Waals surface area contributed by atoms with E-state index in [4.69, 9.17) is 0 Å². The molecule has 0 unspecified atom stereocenters. The van der Waals surface area contributed by atoms with Crippen LogP contribution in [0.15, 0.2) is 48.7 Å². The van der Waals surface area contributed by atoms with Crippen molar-refractivity contribution in [1.29, 1.82) is 0 Å². The molecule has 3 heterocycles. The van der Waals surface area contributed by atoms with E-state index in [1.807, 2.05) is 41.5 Å². The number of imidazole rings is 1. The highest BCUT2D eigenvalue weighted by molar-refractivity contribution is 5.94. The molecule has 2 aromatic heterocycles. The van der Waals surface area contributed by atoms with Crippen LogP contribution in [0, 0.1) is 19.8 Å². The van der Waals surface area contributed by atoms with Gasteiger partial charge in [-0.15, -0.1) is 0 Å². The molecule has 26 heavy (non-hydrogen) atoms. The average Bonchev–Trinajstić information content (AvgIpc) is 2.97. The summed E-state index contributed by atoms with van der Waals surface area (Å²) in [5, 5.41) is 0. The molecule has 1 amide bonds. The van der Waals surface area contributed by atoms with Gasteiger partial charge in [-0.1, -0.05) is 36.4 Å². The van der Waals surface area contributed by atoms with Gasteiger partial charge in [0.2, 0.25) is 0 Å². The van der Waals surface area contributed by atoms with Crippen molar-refractivity contribution in [2.45, 2.75) is 33.1 Å². The van der Waals surface area contributed by atoms with Gasteiger partial charge in [0.15, 0.2) is 0 Å². The van der Waals surface area contributed by atoms with E-state index in [9.17, 15) is 4.79 Å². The van der Waals surface area contributed by atoms with Crippen LogP contribution < -0.4 is 0 Å². The molecule has 1 saturated heterocycles. The maximum Gasteiger partial charge on any atom is 0.272 e. The van der Waals surface area contributed by atoms with Crippen molar-refractivity contribution in [3.63, 3.8) is 0 Å². The molecule has 0 aliphatic carbocycles. The van der Waals surface area contributed by atoms with Gasteiger partial charge in [-0.05, 0) is 56.2 Å². The molecule has 1 fully saturated rings. The Kier molecular flexibility index (Phi) is 4.49. The first-order valence-corrected chi connectivity index (χ1v) is 9.40. The molecule has 1 aliphatic heterocycles. The fraction of sp³-hybridized carbons (Fsp3) is 0.364. The first kappa shape index (κ1) is 16.8. The van der Waals surface area contributed by atoms with Crippen molar-refractivity contribution in [3.8, 4) is 0 Å². The van der Waals surface area contributed by atoms with E-state index < -0.39 is 0 Å². The van der Waals surface area contributed by atoms with Crippen LogP contribution in [0.3, 0.4) is 0 Å². The van der Waals surface area contributed by atoms with E-state index in [1.54, 1.807) is 0 Å². The normalized spacial score (nSPS) is 15.5. The van der Waals surface area contributed by atoms with Crippen LogP contribution in [0.2, 0.25) is 0 Å². The summed E-state index contributed by atoms with van der Waals surface area (Å²) in [6, 6.07) is 14.7. The largest absolute Gasteiger partial charge is 0.337 e. The third-order valence-electron chi connectivity index (χ3n) is 5.41. The second kappa shape index (κ2) is 6.94. The fourth-order valence-electron chi connectivity index (χ4n) is 3.96. The van der Waals surface area contributed by atoms with Gasteiger partial charge in [0.05, 0.1) is 5.69 Å². The predicted molar refractivity (Wildman–Crippen MR) is 103 cm³/mol. The summed E-state index contributed by atoms with van der Waals surface area (Å²) in [6.07, 6.45) is 5.24. The number of nitrogens with zero attached hydrogens (tertiary/aromatic N) is 3. The van der Waals surface area contributed by atoms with Crippen molar-refractivity contribution in [2.75, 3.05) is 13.1 Å². The molecule has 0 atom stereocenters. The molecule has 3 aromatic rings. The highest BCUT2D eigenvalue weighted by Gasteiger charge is 2.27. The van der Waals surface area contributed by atoms with Crippen LogP contribution in [0.25, 0.3) is 5.65 Å². The van der Waals surface area contributed by atoms with Crippen molar-refractivity contribution in [2.24, 2.45) is 5.92 Å². The Labute approximate surface area is 154 Å². The highest BCUT2D eigenvalue weighted by Crippen LogP contribution is 2.24. The number of rotatable bonds is 3. The minimum absolute atomic E-state index is 0.110. The van der Waals surface area contributed by atoms with Gasteiger partial charge in [0, 0.05) is 19.3 Å². The number of aryl methyl sites for hydroxylation is 2. The molecule has 0 radical (unpaired) electrons. The smallest absolute Gasteiger partial charge is 0.272 e. The summed E-state index contributed by atoms with van der Waals surface area (Å²) in [6.45, 7) is 5.62. The van der Waals surface area contributed by atoms with Gasteiger partial charge in [0.25, 0.3) is 5.91 Å². The van der Waals surface area contributed by atoms with Crippen LogP contribution in [-0.2, 0) is 6.42 Å². The van der Waals surface area contributed by atoms with Crippen LogP contribution >= 0.6 is 0 Å². The summed E-state index contributed by atoms with van der Waals surface area (Å²) < 4.78 is 1.95. The second-order valence-electron chi connectivity index (χ2n) is 7.41. The first-order chi connectivity index (χ1) is 12.6. The van der Waals surface area contributed by atoms with Gasteiger partial charge in [-0.25, -0.2) is 4.98 Å². The number of carbonyl (C=O) groups excluding carboxylic acids is 1. The number of carbonyl (C=O) groups is 1. The standard InChI is InChI=1S/C22H25N3O/c1-16-8-9-20-23-17(2)21(25(20)15-16)22(26)24-12-10-19(11-13-24)14-18-6-4-3-5-7-18/h3-9,15,19H,10-14H2,1-2H3. The van der Waals surface area contributed by atoms with Gasteiger partial charge in [0.1, 0.15) is 11.3 Å². The first-order valence-electron chi connectivity index (χ1n) is 9.40. The number of pyridine rings is 1. The highest BCUT2D eigenvalue weighted by atomic mass is 16.2. The SMILES string of the molecule is Cc1ccc2nc(C)c(C(=O)N3CCC(Cc4ccccc4)CC3)n2c1. The van der Waals surface area contributed by atoms with E-state index in [0.717, 1.165) is 49.3 Å². The topological polar surface area (TPSA) is 37.6 Å². The van der Waals surface area contributed by atoms with Gasteiger partial charge < -0.3 is 4.90 Å². The third kappa shape index (κ3) is 3.24. The zero-order valence-electron chi connectivity index (χ0n) is 15.5. The van der Waals surface area contributed by atoms with Crippen molar-refractivity contribution in [1.82, 2.24) is 14.3 Å². The molecule has 4 heteroatoms. The minimum atomic E-state index is 0.110. The van der Waals surface area contributed by atoms with Gasteiger partial charge in [-0.2, -0.15) is 0 Å². The summed E-state index contributed by atoms with van der Waals surface area (Å²) in [5.41, 5.74) is 4.89. The van der Waals surface area contributed by atoms with E-state index in [2.05, 4.69) is 35.3 Å². The Hall–Kier alpha value is -2.62. The molecular formula is C22H25N3O. The number of aromatic nitrogens is 2. The monoisotopic (exact) mass is 347 g/mol. The lowest BCUT2D eigenvalue weighted by molar-refractivity contribution is 0.0682. The number of likely N-dealkylation sites (tertiary alicyclic amines) is 1. The Balaban J connectivity index is 1.47. The maximum atomic E-state index is 13.1. The summed E-state index contributed by atoms with van der Waals surface area (Å²) >= 11 is 0. The number of hydrogen-bond acceptors (Lipinski definition) is 2. The van der Waals surface area contributed by atoms with E-state index in [0.29, 0.717) is 11.6 Å². The quantitative estimate of drug-likeness (QED) is 0.717. The molecule has 0 bridgehead atoms. The lowest BCUT2D eigenvalue weighted by Crippen LogP contribution is -2.39. The lowest BCUT2D eigenvalue weighted by Gasteiger charge is -2.32. The van der Waals surface area contributed by atoms with Crippen LogP contribution in [0.1, 0.15) is 40.2 Å². The zero-order valence-corrected chi connectivity index (χ0v) is 15.5. The third-order valence-corrected chi connectivity index (χ3v) is 5.41. The predicted octanol–water partition coefficient (Wildman–Crippen LogP) is 4.05. The number of fused-ring (bicyclic) bond motifs is 1. The summed E-state index contributed by atoms with van der Waals surface area (Å²) in [5.74, 6) is 0.769. The van der Waals surface area contributed by atoms with E-state index in [-0.39, 0.29) is 5.91 Å². The zero-order chi connectivity index (χ0) is 18.1. The Morgan fingerprint density at radius 1 is 1.08 bits per heavy atom. The van der Waals surface area contributed by atoms with Crippen LogP contribution in [0.5, 0.6) is 0 Å². The molecule has 4 rings (SSSR count). The summed E-state index contributed by atoms with van der Waals surface area (Å²) in [4.78, 5) is 19.7. The number of amides is 1. The Morgan fingerprint density at radius 2 is 1.81 bits per heavy atom. The number of benzene rings is 1. The van der Waals surface area contributed by atoms with Crippen molar-refractivity contribution < 1.29 is 4.79 Å². The molecule has 134 valence electrons. The molecule has 1 aliphatic rings. The van der Waals surface area contributed by atoms with E-state index >= 15 is 0 Å². The van der Waals surface area contributed by atoms with Crippen LogP contribution in [0.4, 0.5) is 0 Å². The Morgan fingerprint density at radius 3 is 2.54 bits per heavy atom. The van der Waals surface area contributed by atoms with Gasteiger partial charge in [-0.3, -0.25) is 9.20 Å². The number of hydrogen-bond donors (Lipinski definition) is 0. The second-order valence-corrected chi connectivity index (χ2v) is 7.41. The van der Waals surface area contributed by atoms with Crippen LogP contribution in [-0.4, -0.2) is 33.3 Å². The Bertz CT molecular complexity index is 921. The fourth-order valence-corrected chi connectivity index (χ4v) is 3.96. The molecule has 0 N–H and O–H groups in total. The average molecular weight is 347 g/mol. The molecular weight excluding hydrogens is 322 g/mol. The van der Waals surface area contributed by atoms with Crippen molar-refractivity contribution >= 4 is 11.6 Å². The maximum absolute atomic E-state index is 13.1. The molecule has 0 spiro atoms. The number of piperidine rings is 1. The summed E-state index contributed by atoms with van der Waals surface area (Å²) in [7, 11) is 0.